The molecule has 3 N–H and O–H groups in total. The third-order valence-electron chi connectivity index (χ3n) is 2.49. The van der Waals surface area contributed by atoms with Crippen LogP contribution in [0.1, 0.15) is 46.0 Å². The van der Waals surface area contributed by atoms with Crippen molar-refractivity contribution in [3.63, 3.8) is 0 Å². The van der Waals surface area contributed by atoms with Crippen LogP contribution in [0.5, 0.6) is 0 Å². The van der Waals surface area contributed by atoms with Crippen LogP contribution in [0.3, 0.4) is 0 Å². The van der Waals surface area contributed by atoms with Crippen LogP contribution in [-0.4, -0.2) is 31.1 Å². The SMILES string of the molecule is CCCCCC(CC)NC(=O)COCC(N)=O. The van der Waals surface area contributed by atoms with Crippen LogP contribution >= 0.6 is 0 Å². The lowest BCUT2D eigenvalue weighted by Crippen LogP contribution is -2.37. The van der Waals surface area contributed by atoms with E-state index in [-0.39, 0.29) is 25.2 Å². The highest BCUT2D eigenvalue weighted by Crippen LogP contribution is 2.05. The number of nitrogens with two attached hydrogens (primary N) is 1. The predicted molar refractivity (Wildman–Crippen MR) is 66.4 cm³/mol. The van der Waals surface area contributed by atoms with Crippen LogP contribution in [0.15, 0.2) is 0 Å². The van der Waals surface area contributed by atoms with Gasteiger partial charge in [0.1, 0.15) is 13.2 Å². The number of nitrogens with one attached hydrogen (secondary N) is 1. The molecule has 0 saturated carbocycles. The molecule has 0 spiro atoms. The van der Waals surface area contributed by atoms with Gasteiger partial charge in [0.05, 0.1) is 0 Å². The second-order valence-corrected chi connectivity index (χ2v) is 4.13. The summed E-state index contributed by atoms with van der Waals surface area (Å²) in [7, 11) is 0. The van der Waals surface area contributed by atoms with Crippen molar-refractivity contribution < 1.29 is 14.3 Å². The van der Waals surface area contributed by atoms with Crippen LogP contribution in [-0.2, 0) is 14.3 Å². The lowest BCUT2D eigenvalue weighted by molar-refractivity contribution is -0.129. The van der Waals surface area contributed by atoms with Crippen LogP contribution in [0, 0.1) is 0 Å². The lowest BCUT2D eigenvalue weighted by atomic mass is 10.1. The Morgan fingerprint density at radius 3 is 2.47 bits per heavy atom. The molecule has 1 unspecified atom stereocenters. The first kappa shape index (κ1) is 15.9. The fourth-order valence-corrected chi connectivity index (χ4v) is 1.53. The number of ether oxygens (including phenoxy) is 1. The first-order chi connectivity index (χ1) is 8.10. The molecule has 0 heterocycles. The van der Waals surface area contributed by atoms with E-state index in [4.69, 9.17) is 10.5 Å². The van der Waals surface area contributed by atoms with Gasteiger partial charge in [0.2, 0.25) is 11.8 Å². The number of rotatable bonds is 10. The van der Waals surface area contributed by atoms with Crippen molar-refractivity contribution in [2.75, 3.05) is 13.2 Å². The number of hydrogen-bond acceptors (Lipinski definition) is 3. The van der Waals surface area contributed by atoms with Gasteiger partial charge in [0.15, 0.2) is 0 Å². The summed E-state index contributed by atoms with van der Waals surface area (Å²) in [5.74, 6) is -0.748. The molecule has 0 aromatic heterocycles. The highest BCUT2D eigenvalue weighted by molar-refractivity contribution is 5.78. The predicted octanol–water partition coefficient (Wildman–Crippen LogP) is 0.963. The van der Waals surface area contributed by atoms with Crippen molar-refractivity contribution in [1.82, 2.24) is 5.32 Å². The molecule has 100 valence electrons. The molecule has 0 aliphatic rings. The third kappa shape index (κ3) is 9.81. The van der Waals surface area contributed by atoms with Crippen LogP contribution in [0.4, 0.5) is 0 Å². The molecule has 0 radical (unpaired) electrons. The zero-order valence-corrected chi connectivity index (χ0v) is 10.8. The van der Waals surface area contributed by atoms with Crippen LogP contribution < -0.4 is 11.1 Å². The van der Waals surface area contributed by atoms with E-state index in [0.717, 1.165) is 19.3 Å². The summed E-state index contributed by atoms with van der Waals surface area (Å²) >= 11 is 0. The van der Waals surface area contributed by atoms with E-state index in [1.165, 1.54) is 12.8 Å². The van der Waals surface area contributed by atoms with E-state index in [1.54, 1.807) is 0 Å². The Morgan fingerprint density at radius 2 is 1.94 bits per heavy atom. The molecule has 2 amide bonds. The molecule has 0 saturated heterocycles. The van der Waals surface area contributed by atoms with Gasteiger partial charge >= 0.3 is 0 Å². The van der Waals surface area contributed by atoms with Crippen molar-refractivity contribution in [3.8, 4) is 0 Å². The molecule has 0 aliphatic carbocycles. The van der Waals surface area contributed by atoms with Crippen LogP contribution in [0.2, 0.25) is 0 Å². The molecule has 1 atom stereocenters. The molecule has 0 aromatic rings. The Balaban J connectivity index is 3.70. The standard InChI is InChI=1S/C12H24N2O3/c1-3-5-6-7-10(4-2)14-12(16)9-17-8-11(13)15/h10H,3-9H2,1-2H3,(H2,13,15)(H,14,16). The third-order valence-corrected chi connectivity index (χ3v) is 2.49. The van der Waals surface area contributed by atoms with Crippen molar-refractivity contribution in [3.05, 3.63) is 0 Å². The minimum atomic E-state index is -0.562. The monoisotopic (exact) mass is 244 g/mol. The Labute approximate surface area is 103 Å². The lowest BCUT2D eigenvalue weighted by Gasteiger charge is -2.16. The summed E-state index contributed by atoms with van der Waals surface area (Å²) in [6.45, 7) is 3.88. The number of hydrogen-bond donors (Lipinski definition) is 2. The molecular weight excluding hydrogens is 220 g/mol. The molecule has 5 nitrogen and oxygen atoms in total. The Kier molecular flexibility index (Phi) is 9.43. The van der Waals surface area contributed by atoms with Crippen molar-refractivity contribution in [2.24, 2.45) is 5.73 Å². The largest absolute Gasteiger partial charge is 0.368 e. The number of primary amides is 1. The highest BCUT2D eigenvalue weighted by atomic mass is 16.5. The summed E-state index contributed by atoms with van der Waals surface area (Å²) in [6.07, 6.45) is 5.38. The van der Waals surface area contributed by atoms with Crippen molar-refractivity contribution >= 4 is 11.8 Å². The summed E-state index contributed by atoms with van der Waals surface area (Å²) in [6, 6.07) is 0.200. The number of amides is 2. The van der Waals surface area contributed by atoms with Gasteiger partial charge in [-0.2, -0.15) is 0 Å². The summed E-state index contributed by atoms with van der Waals surface area (Å²) in [5.41, 5.74) is 4.89. The van der Waals surface area contributed by atoms with Gasteiger partial charge in [-0.1, -0.05) is 33.1 Å². The molecule has 0 rings (SSSR count). The first-order valence-corrected chi connectivity index (χ1v) is 6.25. The Bertz CT molecular complexity index is 232. The molecule has 0 fully saturated rings. The van der Waals surface area contributed by atoms with Gasteiger partial charge in [0.25, 0.3) is 0 Å². The van der Waals surface area contributed by atoms with E-state index in [2.05, 4.69) is 12.2 Å². The number of carbonyl (C=O) groups excluding carboxylic acids is 2. The van der Waals surface area contributed by atoms with Gasteiger partial charge in [-0.05, 0) is 12.8 Å². The van der Waals surface area contributed by atoms with Crippen molar-refractivity contribution in [1.29, 1.82) is 0 Å². The fraction of sp³-hybridized carbons (Fsp3) is 0.833. The molecule has 0 aromatic carbocycles. The molecule has 5 heteroatoms. The summed E-state index contributed by atoms with van der Waals surface area (Å²) in [4.78, 5) is 21.8. The first-order valence-electron chi connectivity index (χ1n) is 6.25. The summed E-state index contributed by atoms with van der Waals surface area (Å²) in [5, 5.41) is 2.88. The highest BCUT2D eigenvalue weighted by Gasteiger charge is 2.10. The van der Waals surface area contributed by atoms with E-state index >= 15 is 0 Å². The van der Waals surface area contributed by atoms with E-state index in [0.29, 0.717) is 0 Å². The van der Waals surface area contributed by atoms with Crippen molar-refractivity contribution in [2.45, 2.75) is 52.0 Å². The van der Waals surface area contributed by atoms with Gasteiger partial charge in [-0.25, -0.2) is 0 Å². The molecule has 0 aliphatic heterocycles. The average Bonchev–Trinajstić information content (AvgIpc) is 2.27. The molecule has 17 heavy (non-hydrogen) atoms. The number of carbonyl (C=O) groups is 2. The maximum Gasteiger partial charge on any atom is 0.246 e. The quantitative estimate of drug-likeness (QED) is 0.562. The average molecular weight is 244 g/mol. The topological polar surface area (TPSA) is 81.4 Å². The van der Waals surface area contributed by atoms with Gasteiger partial charge in [0, 0.05) is 6.04 Å². The smallest absolute Gasteiger partial charge is 0.246 e. The molecule has 0 bridgehead atoms. The van der Waals surface area contributed by atoms with E-state index < -0.39 is 5.91 Å². The maximum atomic E-state index is 11.4. The second kappa shape index (κ2) is 10.1. The van der Waals surface area contributed by atoms with E-state index in [1.807, 2.05) is 6.92 Å². The summed E-state index contributed by atoms with van der Waals surface area (Å²) < 4.78 is 4.84. The second-order valence-electron chi connectivity index (χ2n) is 4.13. The molecular formula is C12H24N2O3. The van der Waals surface area contributed by atoms with Gasteiger partial charge in [-0.15, -0.1) is 0 Å². The Morgan fingerprint density at radius 1 is 1.24 bits per heavy atom. The van der Waals surface area contributed by atoms with Crippen LogP contribution in [0.25, 0.3) is 0 Å². The zero-order chi connectivity index (χ0) is 13.1. The maximum absolute atomic E-state index is 11.4. The minimum Gasteiger partial charge on any atom is -0.368 e. The number of unbranched alkanes of at least 4 members (excludes halogenated alkanes) is 2. The van der Waals surface area contributed by atoms with E-state index in [9.17, 15) is 9.59 Å². The normalized spacial score (nSPS) is 12.1. The Hall–Kier alpha value is -1.10. The fourth-order valence-electron chi connectivity index (χ4n) is 1.53. The van der Waals surface area contributed by atoms with Gasteiger partial charge < -0.3 is 15.8 Å². The minimum absolute atomic E-state index is 0.104. The zero-order valence-electron chi connectivity index (χ0n) is 10.8. The van der Waals surface area contributed by atoms with Gasteiger partial charge in [-0.3, -0.25) is 9.59 Å².